The molecule has 0 spiro atoms. The van der Waals surface area contributed by atoms with E-state index < -0.39 is 23.9 Å². The third kappa shape index (κ3) is 9.56. The lowest BCUT2D eigenvalue weighted by Crippen LogP contribution is -2.39. The first-order valence-corrected chi connectivity index (χ1v) is 15.4. The van der Waals surface area contributed by atoms with E-state index >= 15 is 0 Å². The Morgan fingerprint density at radius 3 is 2.35 bits per heavy atom. The van der Waals surface area contributed by atoms with Crippen LogP contribution in [-0.2, 0) is 27.2 Å². The van der Waals surface area contributed by atoms with Gasteiger partial charge in [0.05, 0.1) is 18.1 Å². The molecule has 3 aromatic heterocycles. The Morgan fingerprint density at radius 2 is 1.67 bits per heavy atom. The number of carbonyl (C=O) groups is 4. The van der Waals surface area contributed by atoms with Gasteiger partial charge < -0.3 is 20.9 Å². The predicted octanol–water partition coefficient (Wildman–Crippen LogP) is 5.57. The van der Waals surface area contributed by atoms with Crippen LogP contribution in [0, 0.1) is 5.92 Å². The number of likely N-dealkylation sites (tertiary alicyclic amines) is 1. The molecule has 0 radical (unpaired) electrons. The van der Waals surface area contributed by atoms with Crippen LogP contribution >= 0.6 is 11.6 Å². The molecule has 1 atom stereocenters. The van der Waals surface area contributed by atoms with E-state index in [1.54, 1.807) is 29.6 Å². The van der Waals surface area contributed by atoms with Gasteiger partial charge in [0.2, 0.25) is 11.9 Å². The van der Waals surface area contributed by atoms with Crippen LogP contribution in [0.25, 0.3) is 0 Å². The summed E-state index contributed by atoms with van der Waals surface area (Å²) in [6.45, 7) is 1.16. The van der Waals surface area contributed by atoms with Gasteiger partial charge in [-0.05, 0) is 66.6 Å². The Hall–Kier alpha value is -5.59. The molecule has 1 aromatic carbocycles. The van der Waals surface area contributed by atoms with Gasteiger partial charge in [0.1, 0.15) is 10.7 Å². The first-order valence-electron chi connectivity index (χ1n) is 15.0. The van der Waals surface area contributed by atoms with Crippen molar-refractivity contribution in [3.05, 3.63) is 77.0 Å². The molecule has 1 fully saturated rings. The van der Waals surface area contributed by atoms with Crippen molar-refractivity contribution in [3.8, 4) is 0 Å². The molecule has 51 heavy (non-hydrogen) atoms. The van der Waals surface area contributed by atoms with Crippen LogP contribution < -0.4 is 16.0 Å². The number of carbonyl (C=O) groups excluding carboxylic acids is 4. The third-order valence-electron chi connectivity index (χ3n) is 7.62. The Bertz CT molecular complexity index is 1920. The van der Waals surface area contributed by atoms with Crippen LogP contribution in [0.5, 0.6) is 0 Å². The second-order valence-electron chi connectivity index (χ2n) is 11.4. The van der Waals surface area contributed by atoms with Crippen molar-refractivity contribution in [1.29, 1.82) is 0 Å². The lowest BCUT2D eigenvalue weighted by atomic mass is 10.0. The van der Waals surface area contributed by atoms with Gasteiger partial charge in [-0.15, -0.1) is 0 Å². The quantitative estimate of drug-likeness (QED) is 0.150. The third-order valence-corrected chi connectivity index (χ3v) is 7.90. The fourth-order valence-electron chi connectivity index (χ4n) is 5.20. The van der Waals surface area contributed by atoms with Crippen molar-refractivity contribution in [1.82, 2.24) is 30.0 Å². The number of fused-ring (bicyclic) bond motifs is 6. The smallest absolute Gasteiger partial charge is 0.339 e. The monoisotopic (exact) mass is 737 g/mol. The number of anilines is 5. The molecular weight excluding hydrogens is 712 g/mol. The zero-order chi connectivity index (χ0) is 36.9. The molecule has 6 rings (SSSR count). The second kappa shape index (κ2) is 15.1. The minimum Gasteiger partial charge on any atom is -0.339 e. The van der Waals surface area contributed by atoms with Crippen molar-refractivity contribution < 1.29 is 45.5 Å². The number of nitrogens with one attached hydrogen (secondary N) is 4. The summed E-state index contributed by atoms with van der Waals surface area (Å²) < 4.78 is 67.0. The summed E-state index contributed by atoms with van der Waals surface area (Å²) in [5, 5.41) is 16.5. The number of hydrogen-bond donors (Lipinski definition) is 4. The number of aromatic nitrogens is 5. The summed E-state index contributed by atoms with van der Waals surface area (Å²) in [5.41, 5.74) is 4.79. The molecule has 0 aliphatic carbocycles. The van der Waals surface area contributed by atoms with E-state index in [9.17, 15) is 45.5 Å². The van der Waals surface area contributed by atoms with Gasteiger partial charge in [0.25, 0.3) is 5.91 Å². The zero-order valence-electron chi connectivity index (χ0n) is 26.0. The number of alkyl halides is 6. The van der Waals surface area contributed by atoms with Crippen molar-refractivity contribution >= 4 is 63.8 Å². The molecule has 5 heterocycles. The summed E-state index contributed by atoms with van der Waals surface area (Å²) in [7, 11) is 0. The lowest BCUT2D eigenvalue weighted by molar-refractivity contribution is -0.193. The first kappa shape index (κ1) is 36.7. The van der Waals surface area contributed by atoms with Crippen molar-refractivity contribution in [2.45, 2.75) is 38.0 Å². The highest BCUT2D eigenvalue weighted by Crippen LogP contribution is 2.30. The molecule has 6 bridgehead atoms. The van der Waals surface area contributed by atoms with Crippen LogP contribution in [-0.4, -0.2) is 78.9 Å². The van der Waals surface area contributed by atoms with Gasteiger partial charge in [-0.25, -0.2) is 4.98 Å². The number of H-pyrrole nitrogens is 1. The number of benzene rings is 1. The number of aryl methyl sites for hydroxylation is 2. The number of hydrogen-bond acceptors (Lipinski definition) is 10. The van der Waals surface area contributed by atoms with Crippen LogP contribution in [0.15, 0.2) is 55.1 Å². The molecule has 1 saturated heterocycles. The molecule has 20 heteroatoms. The van der Waals surface area contributed by atoms with E-state index in [0.717, 1.165) is 41.0 Å². The zero-order valence-corrected chi connectivity index (χ0v) is 26.8. The van der Waals surface area contributed by atoms with E-state index in [0.29, 0.717) is 48.4 Å². The number of aromatic amines is 1. The standard InChI is InChI=1S/C27H26ClN9O2.C4F6O2/c28-21-14-30-27-33-20-9-16(12-29-13-20)1-2-18-11-19(32-25(21)35-27)3-4-22(18)34-24(38)10-17-6-8-37(15-17)26(39)23-5-7-31-36-23;5-3(6,7)1(11)2(12)4(8,9)10/h3-5,7,9,11-14,17H,1-2,6,8,10,15H2,(H,31,36)(H,34,38)(H2,30,32,33,35);/t17-;/m0./s1. The van der Waals surface area contributed by atoms with Gasteiger partial charge in [-0.1, -0.05) is 11.6 Å². The van der Waals surface area contributed by atoms with Crippen LogP contribution in [0.4, 0.5) is 55.2 Å². The molecule has 2 aliphatic rings. The molecule has 4 N–H and O–H groups in total. The highest BCUT2D eigenvalue weighted by atomic mass is 35.5. The van der Waals surface area contributed by atoms with Gasteiger partial charge in [-0.2, -0.15) is 36.4 Å². The average Bonchev–Trinajstić information content (AvgIpc) is 3.78. The van der Waals surface area contributed by atoms with E-state index in [4.69, 9.17) is 11.6 Å². The number of nitrogens with zero attached hydrogens (tertiary/aromatic N) is 5. The maximum atomic E-state index is 13.1. The van der Waals surface area contributed by atoms with Crippen molar-refractivity contribution in [2.24, 2.45) is 5.92 Å². The predicted molar refractivity (Wildman–Crippen MR) is 170 cm³/mol. The van der Waals surface area contributed by atoms with Crippen LogP contribution in [0.3, 0.4) is 0 Å². The average molecular weight is 738 g/mol. The minimum atomic E-state index is -5.77. The number of amides is 2. The minimum absolute atomic E-state index is 0.0768. The number of rotatable bonds is 5. The maximum Gasteiger partial charge on any atom is 0.458 e. The van der Waals surface area contributed by atoms with Crippen molar-refractivity contribution in [2.75, 3.05) is 29.0 Å². The molecule has 2 aliphatic heterocycles. The molecular formula is C31H26ClF6N9O4. The van der Waals surface area contributed by atoms with E-state index in [1.807, 2.05) is 30.5 Å². The Morgan fingerprint density at radius 1 is 0.922 bits per heavy atom. The fourth-order valence-corrected chi connectivity index (χ4v) is 5.34. The van der Waals surface area contributed by atoms with Crippen molar-refractivity contribution in [3.63, 3.8) is 0 Å². The Labute approximate surface area is 289 Å². The van der Waals surface area contributed by atoms with E-state index in [1.165, 1.54) is 0 Å². The fraction of sp³-hybridized carbons (Fsp3) is 0.290. The van der Waals surface area contributed by atoms with Gasteiger partial charge >= 0.3 is 23.9 Å². The summed E-state index contributed by atoms with van der Waals surface area (Å²) in [4.78, 5) is 59.8. The molecule has 13 nitrogen and oxygen atoms in total. The number of Topliss-reactive ketones (excluding diaryl/α,β-unsaturated/α-hetero) is 2. The first-order chi connectivity index (χ1) is 24.1. The molecule has 0 saturated carbocycles. The van der Waals surface area contributed by atoms with Crippen LogP contribution in [0.2, 0.25) is 5.02 Å². The van der Waals surface area contributed by atoms with E-state index in [2.05, 4.69) is 41.1 Å². The normalized spacial score (nSPS) is 15.4. The molecule has 2 amide bonds. The van der Waals surface area contributed by atoms with Gasteiger partial charge in [0.15, 0.2) is 5.82 Å². The number of halogens is 7. The lowest BCUT2D eigenvalue weighted by Gasteiger charge is -2.17. The second-order valence-corrected chi connectivity index (χ2v) is 11.8. The SMILES string of the molecule is O=C(C(=O)C(F)(F)F)C(F)(F)F.O=C(C[C@@H]1CCN(C(=O)c2ccn[nH]2)C1)Nc1ccc2cc1CCc1cncc(c1)Nc1ncc(Cl)c(n1)N2. The summed E-state index contributed by atoms with van der Waals surface area (Å²) >= 11 is 6.36. The molecule has 268 valence electrons. The van der Waals surface area contributed by atoms with Gasteiger partial charge in [0, 0.05) is 43.3 Å². The Balaban J connectivity index is 0.000000362. The van der Waals surface area contributed by atoms with Crippen LogP contribution in [0.1, 0.15) is 34.5 Å². The molecule has 0 unspecified atom stereocenters. The summed E-state index contributed by atoms with van der Waals surface area (Å²) in [6, 6.07) is 9.44. The molecule has 4 aromatic rings. The van der Waals surface area contributed by atoms with Gasteiger partial charge in [-0.3, -0.25) is 29.3 Å². The maximum absolute atomic E-state index is 13.1. The largest absolute Gasteiger partial charge is 0.458 e. The highest BCUT2D eigenvalue weighted by Gasteiger charge is 2.54. The Kier molecular flexibility index (Phi) is 10.9. The topological polar surface area (TPSA) is 175 Å². The number of ketones is 2. The number of pyridine rings is 1. The summed E-state index contributed by atoms with van der Waals surface area (Å²) in [5.74, 6) is -6.01. The summed E-state index contributed by atoms with van der Waals surface area (Å²) in [6.07, 6.45) is -2.38. The highest BCUT2D eigenvalue weighted by molar-refractivity contribution is 6.41. The van der Waals surface area contributed by atoms with E-state index in [-0.39, 0.29) is 17.7 Å².